The van der Waals surface area contributed by atoms with Gasteiger partial charge >= 0.3 is 316 Å². The topological polar surface area (TPSA) is 18.5 Å². The average Bonchev–Trinajstić information content (AvgIpc) is 3.56. The summed E-state index contributed by atoms with van der Waals surface area (Å²) in [4.78, 5) is 0. The van der Waals surface area contributed by atoms with Gasteiger partial charge in [0.1, 0.15) is 0 Å². The maximum atomic E-state index is 8.45. The first-order valence-electron chi connectivity index (χ1n) is 22.9. The van der Waals surface area contributed by atoms with E-state index in [4.69, 9.17) is 25.9 Å². The van der Waals surface area contributed by atoms with Crippen molar-refractivity contribution in [1.82, 2.24) is 0 Å². The SMILES string of the molecule is CC1=CC2=C(C=CC=CC2c2ccc3cc(O[Si](C)(C)C(C)(C)C)ccc3c2)[C]12CC[C]1(C(C)=CC3=C1C=CC=CC3c1ccc3cc(O[Si](C)(C)C(C)(C)C)ccc3c1)[Zr]2([Cl])[Cl]. The summed E-state index contributed by atoms with van der Waals surface area (Å²) in [6.07, 6.45) is 25.2. The van der Waals surface area contributed by atoms with E-state index in [0.717, 1.165) is 24.3 Å². The van der Waals surface area contributed by atoms with Crippen molar-refractivity contribution in [3.05, 3.63) is 178 Å². The zero-order valence-corrected chi connectivity index (χ0v) is 45.3. The zero-order valence-electron chi connectivity index (χ0n) is 39.3. The van der Waals surface area contributed by atoms with E-state index in [0.29, 0.717) is 0 Å². The van der Waals surface area contributed by atoms with Crippen molar-refractivity contribution in [3.63, 3.8) is 0 Å². The fourth-order valence-corrected chi connectivity index (χ4v) is 30.4. The molecule has 0 amide bonds. The molecule has 0 radical (unpaired) electrons. The van der Waals surface area contributed by atoms with E-state index in [1.54, 1.807) is 0 Å². The fraction of sp³-hybridized carbons (Fsp3) is 0.357. The summed E-state index contributed by atoms with van der Waals surface area (Å²) in [5.74, 6) is 2.10. The molecule has 1 fully saturated rings. The summed E-state index contributed by atoms with van der Waals surface area (Å²) in [7, 11) is 13.0. The Labute approximate surface area is 391 Å². The zero-order chi connectivity index (χ0) is 45.1. The first-order chi connectivity index (χ1) is 29.5. The van der Waals surface area contributed by atoms with Crippen LogP contribution in [0.4, 0.5) is 0 Å². The molecule has 1 saturated heterocycles. The molecular weight excluding hydrogens is 923 g/mol. The summed E-state index contributed by atoms with van der Waals surface area (Å²) in [5.41, 5.74) is 10.6. The van der Waals surface area contributed by atoms with E-state index in [1.807, 2.05) is 0 Å². The molecule has 1 aliphatic heterocycles. The molecule has 0 aromatic heterocycles. The van der Waals surface area contributed by atoms with E-state index >= 15 is 0 Å². The summed E-state index contributed by atoms with van der Waals surface area (Å²) < 4.78 is 12.7. The molecule has 2 spiro atoms. The molecule has 4 aromatic carbocycles. The van der Waals surface area contributed by atoms with Gasteiger partial charge in [0, 0.05) is 0 Å². The normalized spacial score (nSPS) is 25.6. The van der Waals surface area contributed by atoms with Crippen LogP contribution in [0, 0.1) is 0 Å². The Balaban J connectivity index is 1.06. The Morgan fingerprint density at radius 3 is 1.29 bits per heavy atom. The van der Waals surface area contributed by atoms with Gasteiger partial charge in [0.25, 0.3) is 0 Å². The second-order valence-electron chi connectivity index (χ2n) is 22.0. The molecule has 4 atom stereocenters. The molecule has 2 nitrogen and oxygen atoms in total. The van der Waals surface area contributed by atoms with Crippen molar-refractivity contribution in [2.75, 3.05) is 0 Å². The van der Waals surface area contributed by atoms with E-state index in [9.17, 15) is 0 Å². The summed E-state index contributed by atoms with van der Waals surface area (Å²) in [6, 6.07) is 27.1. The third kappa shape index (κ3) is 7.08. The number of hydrogen-bond donors (Lipinski definition) is 0. The van der Waals surface area contributed by atoms with Crippen LogP contribution in [0.3, 0.4) is 0 Å². The van der Waals surface area contributed by atoms with Crippen LogP contribution in [-0.4, -0.2) is 16.6 Å². The Hall–Kier alpha value is -3.18. The van der Waals surface area contributed by atoms with Crippen LogP contribution >= 0.6 is 17.0 Å². The number of hydrogen-bond acceptors (Lipinski definition) is 2. The van der Waals surface area contributed by atoms with Gasteiger partial charge in [-0.1, -0.05) is 41.5 Å². The first kappa shape index (κ1) is 45.0. The predicted octanol–water partition coefficient (Wildman–Crippen LogP) is 18.0. The molecule has 7 heteroatoms. The predicted molar refractivity (Wildman–Crippen MR) is 273 cm³/mol. The van der Waals surface area contributed by atoms with Gasteiger partial charge in [0.05, 0.1) is 0 Å². The van der Waals surface area contributed by atoms with Crippen LogP contribution in [0.25, 0.3) is 21.5 Å². The molecule has 63 heavy (non-hydrogen) atoms. The molecule has 5 aliphatic rings. The summed E-state index contributed by atoms with van der Waals surface area (Å²) >= 11 is -4.37. The van der Waals surface area contributed by atoms with Crippen LogP contribution in [0.2, 0.25) is 42.5 Å². The molecule has 0 N–H and O–H groups in total. The molecular formula is C56H64Cl2O2Si2Zr. The quantitative estimate of drug-likeness (QED) is 0.179. The van der Waals surface area contributed by atoms with Crippen LogP contribution in [0.15, 0.2) is 167 Å². The van der Waals surface area contributed by atoms with Gasteiger partial charge in [0.2, 0.25) is 0 Å². The maximum absolute atomic E-state index is 8.45. The molecule has 4 aliphatic carbocycles. The second kappa shape index (κ2) is 15.4. The van der Waals surface area contributed by atoms with Gasteiger partial charge in [-0.2, -0.15) is 0 Å². The minimum atomic E-state index is -4.37. The van der Waals surface area contributed by atoms with Gasteiger partial charge in [-0.25, -0.2) is 0 Å². The average molecular weight is 987 g/mol. The molecule has 0 saturated carbocycles. The monoisotopic (exact) mass is 984 g/mol. The molecule has 1 heterocycles. The number of allylic oxidation sites excluding steroid dienone is 16. The van der Waals surface area contributed by atoms with Crippen molar-refractivity contribution in [1.29, 1.82) is 0 Å². The minimum absolute atomic E-state index is 0.0906. The van der Waals surface area contributed by atoms with Crippen LogP contribution in [-0.2, 0) is 17.9 Å². The van der Waals surface area contributed by atoms with Crippen molar-refractivity contribution in [2.24, 2.45) is 0 Å². The third-order valence-electron chi connectivity index (χ3n) is 16.4. The molecule has 4 aromatic rings. The van der Waals surface area contributed by atoms with E-state index in [1.165, 1.54) is 66.1 Å². The van der Waals surface area contributed by atoms with Crippen LogP contribution < -0.4 is 8.85 Å². The number of benzene rings is 4. The van der Waals surface area contributed by atoms with E-state index in [-0.39, 0.29) is 28.2 Å². The van der Waals surface area contributed by atoms with Crippen molar-refractivity contribution in [3.8, 4) is 11.5 Å². The molecule has 0 bridgehead atoms. The summed E-state index contributed by atoms with van der Waals surface area (Å²) in [5, 5.41) is 5.12. The molecule has 4 unspecified atom stereocenters. The van der Waals surface area contributed by atoms with Crippen LogP contribution in [0.1, 0.15) is 91.2 Å². The standard InChI is InChI=1S/C56H64O2Si2.2ClH.Zr/c1-37-31-53-49(43-23-21-41-35-45(27-25-39(41)33-43)57-59(9,10)55(3,4)5)17-13-15-19-51(53)47(37)29-30-48-38(2)32-54-50(18-14-16-20-52(48)54)44-24-22-42-36-46(28-26-40(42)34-44)58-60(11,12)56(6,7)8;;;/h13-28,31-36,49-50H,29-30H2,1-12H3;2*1H;/q;;;+2/p-2. The van der Waals surface area contributed by atoms with Crippen molar-refractivity contribution in [2.45, 2.75) is 123 Å². The molecule has 326 valence electrons. The fourth-order valence-electron chi connectivity index (χ4n) is 10.7. The Bertz CT molecular complexity index is 2650. The van der Waals surface area contributed by atoms with Gasteiger partial charge < -0.3 is 0 Å². The summed E-state index contributed by atoms with van der Waals surface area (Å²) in [6.45, 7) is 27.6. The van der Waals surface area contributed by atoms with E-state index < -0.39 is 34.5 Å². The van der Waals surface area contributed by atoms with Crippen molar-refractivity contribution >= 4 is 55.2 Å². The van der Waals surface area contributed by atoms with Gasteiger partial charge in [0.15, 0.2) is 0 Å². The van der Waals surface area contributed by atoms with E-state index in [2.05, 4.69) is 215 Å². The Morgan fingerprint density at radius 1 is 0.540 bits per heavy atom. The van der Waals surface area contributed by atoms with Gasteiger partial charge in [-0.15, -0.1) is 0 Å². The number of halogens is 2. The second-order valence-corrected chi connectivity index (χ2v) is 46.3. The Kier molecular flexibility index (Phi) is 11.0. The van der Waals surface area contributed by atoms with Crippen LogP contribution in [0.5, 0.6) is 11.5 Å². The van der Waals surface area contributed by atoms with Gasteiger partial charge in [-0.3, -0.25) is 0 Å². The Morgan fingerprint density at radius 2 is 0.905 bits per heavy atom. The molecule has 9 rings (SSSR count). The third-order valence-corrected chi connectivity index (χ3v) is 42.5. The number of fused-ring (bicyclic) bond motifs is 4. The van der Waals surface area contributed by atoms with Crippen molar-refractivity contribution < 1.29 is 26.7 Å². The first-order valence-corrected chi connectivity index (χ1v) is 37.5. The van der Waals surface area contributed by atoms with Gasteiger partial charge in [-0.05, 0) is 36.3 Å². The number of rotatable bonds is 6.